The summed E-state index contributed by atoms with van der Waals surface area (Å²) in [6.07, 6.45) is 0. The average Bonchev–Trinajstić information content (AvgIpc) is 2.35. The van der Waals surface area contributed by atoms with Crippen molar-refractivity contribution in [1.29, 1.82) is 0 Å². The Morgan fingerprint density at radius 1 is 1.40 bits per heavy atom. The number of carbonyl (C=O) groups is 1. The normalized spacial score (nSPS) is 12.0. The standard InChI is InChI=1S/C9H9N2O8P/c12-9(8(10-13)20(16,17)18)19-5-6-3-1-2-4-7(6)11(14)15/h1-4,13H,5H2,(H2,16,17,18)/b10-8-. The second kappa shape index (κ2) is 6.24. The van der Waals surface area contributed by atoms with E-state index in [1.165, 1.54) is 24.3 Å². The summed E-state index contributed by atoms with van der Waals surface area (Å²) < 4.78 is 15.3. The number of nitro groups is 1. The average molecular weight is 304 g/mol. The van der Waals surface area contributed by atoms with Crippen LogP contribution in [0, 0.1) is 10.1 Å². The number of nitrogens with zero attached hydrogens (tertiary/aromatic N) is 2. The number of ether oxygens (including phenoxy) is 1. The maximum Gasteiger partial charge on any atom is 0.385 e. The molecule has 0 amide bonds. The predicted octanol–water partition coefficient (Wildman–Crippen LogP) is 0.603. The van der Waals surface area contributed by atoms with Gasteiger partial charge in [-0.3, -0.25) is 14.7 Å². The van der Waals surface area contributed by atoms with Gasteiger partial charge in [0.15, 0.2) is 0 Å². The minimum absolute atomic E-state index is 0.0221. The molecule has 1 aromatic rings. The lowest BCUT2D eigenvalue weighted by molar-refractivity contribution is -0.385. The molecule has 0 aliphatic carbocycles. The van der Waals surface area contributed by atoms with Gasteiger partial charge in [0.05, 0.1) is 10.5 Å². The van der Waals surface area contributed by atoms with E-state index in [0.717, 1.165) is 0 Å². The second-order valence-corrected chi connectivity index (χ2v) is 4.94. The molecule has 1 rings (SSSR count). The number of esters is 1. The van der Waals surface area contributed by atoms with Gasteiger partial charge < -0.3 is 19.7 Å². The van der Waals surface area contributed by atoms with Crippen molar-refractivity contribution in [3.05, 3.63) is 39.9 Å². The van der Waals surface area contributed by atoms with E-state index in [0.29, 0.717) is 0 Å². The van der Waals surface area contributed by atoms with Crippen LogP contribution in [0.25, 0.3) is 0 Å². The van der Waals surface area contributed by atoms with Crippen molar-refractivity contribution < 1.29 is 34.0 Å². The van der Waals surface area contributed by atoms with Gasteiger partial charge in [-0.25, -0.2) is 4.79 Å². The molecule has 11 heteroatoms. The Balaban J connectivity index is 2.86. The fourth-order valence-electron chi connectivity index (χ4n) is 1.24. The summed E-state index contributed by atoms with van der Waals surface area (Å²) in [4.78, 5) is 38.7. The molecule has 0 fully saturated rings. The molecule has 0 heterocycles. The van der Waals surface area contributed by atoms with E-state index in [1.54, 1.807) is 0 Å². The van der Waals surface area contributed by atoms with Crippen molar-refractivity contribution in [1.82, 2.24) is 0 Å². The first-order chi connectivity index (χ1) is 9.27. The van der Waals surface area contributed by atoms with Gasteiger partial charge in [-0.2, -0.15) is 0 Å². The van der Waals surface area contributed by atoms with Crippen LogP contribution in [0.1, 0.15) is 5.56 Å². The number of hydrogen-bond acceptors (Lipinski definition) is 7. The Morgan fingerprint density at radius 2 is 2.00 bits per heavy atom. The number of oxime groups is 1. The van der Waals surface area contributed by atoms with Gasteiger partial charge in [-0.15, -0.1) is 0 Å². The summed E-state index contributed by atoms with van der Waals surface area (Å²) in [6, 6.07) is 5.34. The first kappa shape index (κ1) is 15.8. The molecular weight excluding hydrogens is 295 g/mol. The molecule has 10 nitrogen and oxygen atoms in total. The molecule has 108 valence electrons. The molecule has 0 saturated carbocycles. The Bertz CT molecular complexity index is 608. The first-order valence-corrected chi connectivity index (χ1v) is 6.56. The molecule has 0 unspecified atom stereocenters. The highest BCUT2D eigenvalue weighted by Crippen LogP contribution is 2.37. The number of benzene rings is 1. The zero-order valence-corrected chi connectivity index (χ0v) is 10.6. The summed E-state index contributed by atoms with van der Waals surface area (Å²) in [5.41, 5.74) is -1.77. The van der Waals surface area contributed by atoms with Crippen molar-refractivity contribution in [3.63, 3.8) is 0 Å². The summed E-state index contributed by atoms with van der Waals surface area (Å²) in [5.74, 6) is -1.57. The highest BCUT2D eigenvalue weighted by atomic mass is 31.2. The quantitative estimate of drug-likeness (QED) is 0.178. The molecule has 0 aliphatic rings. The van der Waals surface area contributed by atoms with E-state index in [-0.39, 0.29) is 11.3 Å². The topological polar surface area (TPSA) is 160 Å². The van der Waals surface area contributed by atoms with Crippen LogP contribution < -0.4 is 0 Å². The van der Waals surface area contributed by atoms with Crippen molar-refractivity contribution in [2.45, 2.75) is 6.61 Å². The van der Waals surface area contributed by atoms with Crippen LogP contribution in [-0.4, -0.2) is 31.3 Å². The second-order valence-electron chi connectivity index (χ2n) is 3.43. The SMILES string of the molecule is O=C(OCc1ccccc1[N+](=O)[O-])/C(=N/O)P(=O)(O)O. The van der Waals surface area contributed by atoms with Crippen molar-refractivity contribution in [3.8, 4) is 0 Å². The van der Waals surface area contributed by atoms with Crippen LogP contribution in [-0.2, 0) is 20.7 Å². The van der Waals surface area contributed by atoms with E-state index in [1.807, 2.05) is 0 Å². The Kier molecular flexibility index (Phi) is 4.92. The highest BCUT2D eigenvalue weighted by molar-refractivity contribution is 7.73. The van der Waals surface area contributed by atoms with Crippen LogP contribution in [0.4, 0.5) is 5.69 Å². The van der Waals surface area contributed by atoms with Crippen LogP contribution in [0.5, 0.6) is 0 Å². The molecule has 0 aliphatic heterocycles. The van der Waals surface area contributed by atoms with Crippen LogP contribution in [0.3, 0.4) is 0 Å². The Labute approximate surface area is 111 Å². The molecule has 0 radical (unpaired) electrons. The third-order valence-electron chi connectivity index (χ3n) is 2.10. The molecule has 0 saturated heterocycles. The van der Waals surface area contributed by atoms with Gasteiger partial charge in [0.25, 0.3) is 11.1 Å². The number of para-hydroxylation sites is 1. The van der Waals surface area contributed by atoms with Crippen molar-refractivity contribution in [2.24, 2.45) is 5.16 Å². The maximum atomic E-state index is 11.3. The lowest BCUT2D eigenvalue weighted by Gasteiger charge is -2.07. The summed E-state index contributed by atoms with van der Waals surface area (Å²) in [7, 11) is -5.09. The minimum atomic E-state index is -5.09. The lowest BCUT2D eigenvalue weighted by Crippen LogP contribution is -2.18. The highest BCUT2D eigenvalue weighted by Gasteiger charge is 2.33. The summed E-state index contributed by atoms with van der Waals surface area (Å²) >= 11 is 0. The van der Waals surface area contributed by atoms with Gasteiger partial charge in [-0.1, -0.05) is 17.3 Å². The molecule has 0 bridgehead atoms. The van der Waals surface area contributed by atoms with E-state index >= 15 is 0 Å². The van der Waals surface area contributed by atoms with Crippen LogP contribution >= 0.6 is 7.60 Å². The molecule has 0 aromatic heterocycles. The van der Waals surface area contributed by atoms with Gasteiger partial charge in [-0.05, 0) is 6.07 Å². The largest absolute Gasteiger partial charge is 0.455 e. The fraction of sp³-hybridized carbons (Fsp3) is 0.111. The molecule has 1 aromatic carbocycles. The van der Waals surface area contributed by atoms with E-state index in [4.69, 9.17) is 15.0 Å². The third-order valence-corrected chi connectivity index (χ3v) is 2.92. The minimum Gasteiger partial charge on any atom is -0.455 e. The van der Waals surface area contributed by atoms with E-state index in [2.05, 4.69) is 9.89 Å². The Morgan fingerprint density at radius 3 is 2.50 bits per heavy atom. The first-order valence-electron chi connectivity index (χ1n) is 4.95. The molecule has 0 spiro atoms. The van der Waals surface area contributed by atoms with Gasteiger partial charge in [0.1, 0.15) is 6.61 Å². The summed E-state index contributed by atoms with van der Waals surface area (Å²) in [5, 5.41) is 21.2. The van der Waals surface area contributed by atoms with Gasteiger partial charge in [0, 0.05) is 6.07 Å². The molecule has 20 heavy (non-hydrogen) atoms. The monoisotopic (exact) mass is 304 g/mol. The smallest absolute Gasteiger partial charge is 0.385 e. The lowest BCUT2D eigenvalue weighted by atomic mass is 10.2. The number of carbonyl (C=O) groups excluding carboxylic acids is 1. The number of rotatable bonds is 5. The molecular formula is C9H9N2O8P. The molecule has 0 atom stereocenters. The fourth-order valence-corrected chi connectivity index (χ4v) is 1.66. The number of nitro benzene ring substituents is 1. The van der Waals surface area contributed by atoms with E-state index < -0.39 is 30.5 Å². The van der Waals surface area contributed by atoms with Gasteiger partial charge >= 0.3 is 13.6 Å². The third kappa shape index (κ3) is 3.85. The van der Waals surface area contributed by atoms with Crippen molar-refractivity contribution in [2.75, 3.05) is 0 Å². The zero-order chi connectivity index (χ0) is 15.3. The predicted molar refractivity (Wildman–Crippen MR) is 64.2 cm³/mol. The maximum absolute atomic E-state index is 11.3. The van der Waals surface area contributed by atoms with Gasteiger partial charge in [0.2, 0.25) is 0 Å². The van der Waals surface area contributed by atoms with E-state index in [9.17, 15) is 19.5 Å². The summed E-state index contributed by atoms with van der Waals surface area (Å²) in [6.45, 7) is -0.602. The zero-order valence-electron chi connectivity index (χ0n) is 9.74. The van der Waals surface area contributed by atoms with Crippen molar-refractivity contribution >= 4 is 24.7 Å². The molecule has 3 N–H and O–H groups in total. The van der Waals surface area contributed by atoms with Crippen LogP contribution in [0.2, 0.25) is 0 Å². The van der Waals surface area contributed by atoms with Crippen LogP contribution in [0.15, 0.2) is 29.4 Å². The Hall–Kier alpha value is -2.29. The number of hydrogen-bond donors (Lipinski definition) is 3.